The monoisotopic (exact) mass is 121 g/mol. The summed E-state index contributed by atoms with van der Waals surface area (Å²) in [4.78, 5) is 14.0. The Morgan fingerprint density at radius 1 is 1.67 bits per heavy atom. The van der Waals surface area contributed by atoms with Crippen LogP contribution in [-0.2, 0) is 4.79 Å². The lowest BCUT2D eigenvalue weighted by Gasteiger charge is -1.84. The fraction of sp³-hybridized carbons (Fsp3) is 0.143. The van der Waals surface area contributed by atoms with Gasteiger partial charge in [-0.1, -0.05) is 6.08 Å². The zero-order valence-electron chi connectivity index (χ0n) is 4.95. The molecule has 0 atom stereocenters. The molecule has 0 aliphatic carbocycles. The van der Waals surface area contributed by atoms with Gasteiger partial charge >= 0.3 is 0 Å². The molecule has 0 bridgehead atoms. The van der Waals surface area contributed by atoms with Gasteiger partial charge in [0.25, 0.3) is 0 Å². The molecule has 0 spiro atoms. The lowest BCUT2D eigenvalue weighted by Crippen LogP contribution is -1.78. The van der Waals surface area contributed by atoms with E-state index in [1.807, 2.05) is 12.2 Å². The van der Waals surface area contributed by atoms with E-state index in [2.05, 4.69) is 4.99 Å². The minimum Gasteiger partial charge on any atom is -0.298 e. The molecule has 0 radical (unpaired) electrons. The Hall–Kier alpha value is -1.18. The molecule has 1 rings (SSSR count). The molecule has 0 unspecified atom stereocenters. The predicted molar refractivity (Wildman–Crippen MR) is 36.4 cm³/mol. The van der Waals surface area contributed by atoms with Gasteiger partial charge in [0, 0.05) is 18.0 Å². The Morgan fingerprint density at radius 2 is 2.56 bits per heavy atom. The van der Waals surface area contributed by atoms with E-state index in [0.717, 1.165) is 11.9 Å². The van der Waals surface area contributed by atoms with E-state index in [1.54, 1.807) is 12.4 Å². The number of carbonyl (C=O) groups excluding carboxylic acids is 1. The summed E-state index contributed by atoms with van der Waals surface area (Å²) < 4.78 is 0. The van der Waals surface area contributed by atoms with Gasteiger partial charge in [0.2, 0.25) is 0 Å². The van der Waals surface area contributed by atoms with E-state index >= 15 is 0 Å². The van der Waals surface area contributed by atoms with Crippen LogP contribution >= 0.6 is 0 Å². The third-order valence-corrected chi connectivity index (χ3v) is 1.05. The summed E-state index contributed by atoms with van der Waals surface area (Å²) in [5.41, 5.74) is 0.722. The average molecular weight is 121 g/mol. The van der Waals surface area contributed by atoms with Gasteiger partial charge in [0.15, 0.2) is 0 Å². The molecule has 0 saturated heterocycles. The molecule has 1 aliphatic rings. The summed E-state index contributed by atoms with van der Waals surface area (Å²) in [5.74, 6) is 0. The molecule has 0 aromatic heterocycles. The Labute approximate surface area is 53.6 Å². The van der Waals surface area contributed by atoms with Crippen LogP contribution in [0.15, 0.2) is 28.9 Å². The first-order chi connectivity index (χ1) is 4.43. The highest BCUT2D eigenvalue weighted by Gasteiger charge is 1.90. The maximum absolute atomic E-state index is 10.1. The zero-order chi connectivity index (χ0) is 6.53. The van der Waals surface area contributed by atoms with Crippen LogP contribution < -0.4 is 0 Å². The van der Waals surface area contributed by atoms with E-state index in [0.29, 0.717) is 6.42 Å². The summed E-state index contributed by atoms with van der Waals surface area (Å²) in [7, 11) is 0. The molecule has 0 aromatic rings. The Kier molecular flexibility index (Phi) is 1.96. The van der Waals surface area contributed by atoms with Crippen LogP contribution in [0.1, 0.15) is 6.42 Å². The van der Waals surface area contributed by atoms with E-state index in [-0.39, 0.29) is 0 Å². The molecule has 2 nitrogen and oxygen atoms in total. The summed E-state index contributed by atoms with van der Waals surface area (Å²) in [6.07, 6.45) is 8.49. The van der Waals surface area contributed by atoms with Gasteiger partial charge in [0.1, 0.15) is 6.29 Å². The van der Waals surface area contributed by atoms with Crippen molar-refractivity contribution in [2.24, 2.45) is 4.99 Å². The number of allylic oxidation sites excluding steroid dienone is 3. The van der Waals surface area contributed by atoms with Crippen molar-refractivity contribution in [3.63, 3.8) is 0 Å². The van der Waals surface area contributed by atoms with Gasteiger partial charge in [-0.25, -0.2) is 0 Å². The van der Waals surface area contributed by atoms with Crippen molar-refractivity contribution in [1.29, 1.82) is 0 Å². The third-order valence-electron chi connectivity index (χ3n) is 1.05. The van der Waals surface area contributed by atoms with Crippen LogP contribution in [0.4, 0.5) is 0 Å². The molecule has 9 heavy (non-hydrogen) atoms. The fourth-order valence-electron chi connectivity index (χ4n) is 0.585. The van der Waals surface area contributed by atoms with Crippen LogP contribution in [0.3, 0.4) is 0 Å². The fourth-order valence-corrected chi connectivity index (χ4v) is 0.585. The summed E-state index contributed by atoms with van der Waals surface area (Å²) in [5, 5.41) is 0. The Balaban J connectivity index is 2.73. The highest BCUT2D eigenvalue weighted by Crippen LogP contribution is 2.00. The first kappa shape index (κ1) is 5.95. The number of aldehydes is 1. The van der Waals surface area contributed by atoms with Crippen molar-refractivity contribution in [3.05, 3.63) is 23.9 Å². The second kappa shape index (κ2) is 2.97. The van der Waals surface area contributed by atoms with Crippen LogP contribution in [0, 0.1) is 0 Å². The second-order valence-corrected chi connectivity index (χ2v) is 1.75. The van der Waals surface area contributed by atoms with Gasteiger partial charge in [-0.15, -0.1) is 0 Å². The summed E-state index contributed by atoms with van der Waals surface area (Å²) in [6.45, 7) is 0. The first-order valence-corrected chi connectivity index (χ1v) is 2.76. The smallest absolute Gasteiger partial charge is 0.147 e. The van der Waals surface area contributed by atoms with Gasteiger partial charge < -0.3 is 0 Å². The molecular formula is C7H7NO. The summed E-state index contributed by atoms with van der Waals surface area (Å²) >= 11 is 0. The van der Waals surface area contributed by atoms with Crippen molar-refractivity contribution in [3.8, 4) is 0 Å². The number of rotatable bonds is 1. The molecule has 2 heteroatoms. The standard InChI is InChI=1S/C7H7NO/c9-6-7-3-1-2-4-8-5-7/h1-2,4-6H,3H2. The van der Waals surface area contributed by atoms with Gasteiger partial charge in [-0.3, -0.25) is 9.79 Å². The lowest BCUT2D eigenvalue weighted by atomic mass is 10.2. The maximum atomic E-state index is 10.1. The third kappa shape index (κ3) is 1.64. The molecule has 1 heterocycles. The van der Waals surface area contributed by atoms with Crippen molar-refractivity contribution >= 4 is 12.5 Å². The minimum atomic E-state index is 0.698. The van der Waals surface area contributed by atoms with Crippen molar-refractivity contribution in [1.82, 2.24) is 0 Å². The van der Waals surface area contributed by atoms with Crippen molar-refractivity contribution in [2.45, 2.75) is 6.42 Å². The molecule has 46 valence electrons. The van der Waals surface area contributed by atoms with Crippen LogP contribution in [0.2, 0.25) is 0 Å². The number of aliphatic imine (C=N–C) groups is 1. The first-order valence-electron chi connectivity index (χ1n) is 2.76. The van der Waals surface area contributed by atoms with E-state index in [1.165, 1.54) is 0 Å². The molecule has 1 aliphatic heterocycles. The molecule has 0 fully saturated rings. The van der Waals surface area contributed by atoms with Crippen LogP contribution in [0.5, 0.6) is 0 Å². The maximum Gasteiger partial charge on any atom is 0.147 e. The van der Waals surface area contributed by atoms with Gasteiger partial charge in [0.05, 0.1) is 0 Å². The highest BCUT2D eigenvalue weighted by atomic mass is 16.1. The van der Waals surface area contributed by atoms with Crippen molar-refractivity contribution in [2.75, 3.05) is 0 Å². The Morgan fingerprint density at radius 3 is 3.33 bits per heavy atom. The minimum absolute atomic E-state index is 0.698. The SMILES string of the molecule is O=CC1=CN=CC=CC1. The van der Waals surface area contributed by atoms with E-state index < -0.39 is 0 Å². The van der Waals surface area contributed by atoms with Gasteiger partial charge in [-0.2, -0.15) is 0 Å². The normalized spacial score (nSPS) is 16.7. The number of nitrogens with zero attached hydrogens (tertiary/aromatic N) is 1. The second-order valence-electron chi connectivity index (χ2n) is 1.75. The van der Waals surface area contributed by atoms with Crippen LogP contribution in [-0.4, -0.2) is 12.5 Å². The number of hydrogen-bond donors (Lipinski definition) is 0. The molecule has 0 saturated carbocycles. The van der Waals surface area contributed by atoms with E-state index in [4.69, 9.17) is 0 Å². The number of carbonyl (C=O) groups is 1. The quantitative estimate of drug-likeness (QED) is 0.477. The van der Waals surface area contributed by atoms with E-state index in [9.17, 15) is 4.79 Å². The Bertz CT molecular complexity index is 189. The van der Waals surface area contributed by atoms with Crippen LogP contribution in [0.25, 0.3) is 0 Å². The molecule has 0 aromatic carbocycles. The molecule has 0 amide bonds. The predicted octanol–water partition coefficient (Wildman–Crippen LogP) is 1.10. The topological polar surface area (TPSA) is 29.4 Å². The molecule has 0 N–H and O–H groups in total. The summed E-state index contributed by atoms with van der Waals surface area (Å²) in [6, 6.07) is 0. The number of hydrogen-bond acceptors (Lipinski definition) is 2. The lowest BCUT2D eigenvalue weighted by molar-refractivity contribution is -0.105. The zero-order valence-corrected chi connectivity index (χ0v) is 4.95. The van der Waals surface area contributed by atoms with Gasteiger partial charge in [-0.05, 0) is 12.5 Å². The largest absolute Gasteiger partial charge is 0.298 e. The average Bonchev–Trinajstić information content (AvgIpc) is 2.13. The highest BCUT2D eigenvalue weighted by molar-refractivity contribution is 5.78. The van der Waals surface area contributed by atoms with Crippen molar-refractivity contribution < 1.29 is 4.79 Å². The molecular weight excluding hydrogens is 114 g/mol.